The summed E-state index contributed by atoms with van der Waals surface area (Å²) in [5.74, 6) is 1.69. The van der Waals surface area contributed by atoms with Crippen molar-refractivity contribution >= 4 is 0 Å². The first-order chi connectivity index (χ1) is 10.0. The van der Waals surface area contributed by atoms with E-state index in [0.29, 0.717) is 11.8 Å². The minimum atomic E-state index is -0.285. The summed E-state index contributed by atoms with van der Waals surface area (Å²) >= 11 is 0. The molecule has 0 aliphatic heterocycles. The SMILES string of the molecule is COc1ccc(C(C)NC2CCC(C(C)C)CC2)cc1F. The highest BCUT2D eigenvalue weighted by atomic mass is 19.1. The summed E-state index contributed by atoms with van der Waals surface area (Å²) in [5, 5.41) is 3.65. The quantitative estimate of drug-likeness (QED) is 0.849. The molecule has 2 nitrogen and oxygen atoms in total. The third kappa shape index (κ3) is 4.19. The second kappa shape index (κ2) is 7.26. The molecule has 1 atom stereocenters. The summed E-state index contributed by atoms with van der Waals surface area (Å²) in [7, 11) is 1.49. The van der Waals surface area contributed by atoms with Crippen LogP contribution in [0.4, 0.5) is 4.39 Å². The van der Waals surface area contributed by atoms with Gasteiger partial charge in [-0.1, -0.05) is 19.9 Å². The van der Waals surface area contributed by atoms with Gasteiger partial charge in [0.15, 0.2) is 11.6 Å². The molecule has 0 aromatic heterocycles. The highest BCUT2D eigenvalue weighted by Gasteiger charge is 2.24. The van der Waals surface area contributed by atoms with E-state index in [9.17, 15) is 4.39 Å². The van der Waals surface area contributed by atoms with Crippen LogP contribution in [0.1, 0.15) is 58.1 Å². The average Bonchev–Trinajstić information content (AvgIpc) is 2.47. The zero-order valence-electron chi connectivity index (χ0n) is 13.7. The Bertz CT molecular complexity index is 453. The largest absolute Gasteiger partial charge is 0.494 e. The van der Waals surface area contributed by atoms with Crippen LogP contribution in [0.3, 0.4) is 0 Å². The van der Waals surface area contributed by atoms with E-state index >= 15 is 0 Å². The van der Waals surface area contributed by atoms with Gasteiger partial charge in [-0.25, -0.2) is 4.39 Å². The number of halogens is 1. The first kappa shape index (κ1) is 16.3. The van der Waals surface area contributed by atoms with Crippen molar-refractivity contribution in [2.75, 3.05) is 7.11 Å². The van der Waals surface area contributed by atoms with Crippen molar-refractivity contribution < 1.29 is 9.13 Å². The number of hydrogen-bond donors (Lipinski definition) is 1. The van der Waals surface area contributed by atoms with Crippen molar-refractivity contribution in [3.8, 4) is 5.75 Å². The van der Waals surface area contributed by atoms with Gasteiger partial charge in [0.2, 0.25) is 0 Å². The van der Waals surface area contributed by atoms with Gasteiger partial charge in [-0.3, -0.25) is 0 Å². The smallest absolute Gasteiger partial charge is 0.165 e. The molecule has 0 heterocycles. The van der Waals surface area contributed by atoms with E-state index in [2.05, 4.69) is 26.1 Å². The van der Waals surface area contributed by atoms with Crippen LogP contribution in [0.2, 0.25) is 0 Å². The summed E-state index contributed by atoms with van der Waals surface area (Å²) in [4.78, 5) is 0. The molecule has 1 saturated carbocycles. The number of nitrogens with one attached hydrogen (secondary N) is 1. The minimum Gasteiger partial charge on any atom is -0.494 e. The zero-order chi connectivity index (χ0) is 15.4. The van der Waals surface area contributed by atoms with E-state index in [0.717, 1.165) is 17.4 Å². The van der Waals surface area contributed by atoms with Gasteiger partial charge >= 0.3 is 0 Å². The molecule has 1 aliphatic carbocycles. The van der Waals surface area contributed by atoms with Crippen molar-refractivity contribution in [3.63, 3.8) is 0 Å². The Morgan fingerprint density at radius 2 is 1.81 bits per heavy atom. The van der Waals surface area contributed by atoms with E-state index in [1.807, 2.05) is 6.07 Å². The van der Waals surface area contributed by atoms with Crippen LogP contribution in [0.5, 0.6) is 5.75 Å². The third-order valence-electron chi connectivity index (χ3n) is 4.88. The van der Waals surface area contributed by atoms with Crippen molar-refractivity contribution in [1.29, 1.82) is 0 Å². The Hall–Kier alpha value is -1.09. The lowest BCUT2D eigenvalue weighted by Crippen LogP contribution is -2.35. The van der Waals surface area contributed by atoms with Gasteiger partial charge < -0.3 is 10.1 Å². The lowest BCUT2D eigenvalue weighted by molar-refractivity contribution is 0.231. The Morgan fingerprint density at radius 3 is 2.33 bits per heavy atom. The molecule has 0 spiro atoms. The second-order valence-electron chi connectivity index (χ2n) is 6.64. The fourth-order valence-corrected chi connectivity index (χ4v) is 3.35. The molecule has 21 heavy (non-hydrogen) atoms. The molecule has 1 aliphatic rings. The summed E-state index contributed by atoms with van der Waals surface area (Å²) < 4.78 is 18.7. The molecule has 1 aromatic carbocycles. The summed E-state index contributed by atoms with van der Waals surface area (Å²) in [5.41, 5.74) is 0.985. The van der Waals surface area contributed by atoms with Crippen molar-refractivity contribution in [2.24, 2.45) is 11.8 Å². The van der Waals surface area contributed by atoms with Gasteiger partial charge in [-0.05, 0) is 62.1 Å². The number of hydrogen-bond acceptors (Lipinski definition) is 2. The van der Waals surface area contributed by atoms with Crippen molar-refractivity contribution in [2.45, 2.75) is 58.5 Å². The maximum Gasteiger partial charge on any atom is 0.165 e. The highest BCUT2D eigenvalue weighted by molar-refractivity contribution is 5.30. The molecule has 1 unspecified atom stereocenters. The standard InChI is InChI=1S/C18H28FNO/c1-12(2)14-5-8-16(9-6-14)20-13(3)15-7-10-18(21-4)17(19)11-15/h7,10-14,16,20H,5-6,8-9H2,1-4H3. The van der Waals surface area contributed by atoms with Crippen molar-refractivity contribution in [1.82, 2.24) is 5.32 Å². The van der Waals surface area contributed by atoms with Crippen LogP contribution in [0.15, 0.2) is 18.2 Å². The lowest BCUT2D eigenvalue weighted by Gasteiger charge is -2.33. The Labute approximate surface area is 128 Å². The number of methoxy groups -OCH3 is 1. The molecule has 1 N–H and O–H groups in total. The van der Waals surface area contributed by atoms with Gasteiger partial charge in [0.1, 0.15) is 0 Å². The average molecular weight is 293 g/mol. The maximum absolute atomic E-state index is 13.8. The first-order valence-corrected chi connectivity index (χ1v) is 8.10. The normalized spacial score (nSPS) is 24.1. The van der Waals surface area contributed by atoms with E-state index < -0.39 is 0 Å². The van der Waals surface area contributed by atoms with Crippen LogP contribution in [-0.2, 0) is 0 Å². The van der Waals surface area contributed by atoms with Crippen molar-refractivity contribution in [3.05, 3.63) is 29.6 Å². The fraction of sp³-hybridized carbons (Fsp3) is 0.667. The molecule has 1 fully saturated rings. The molecule has 118 valence electrons. The van der Waals surface area contributed by atoms with Crippen LogP contribution >= 0.6 is 0 Å². The zero-order valence-corrected chi connectivity index (χ0v) is 13.7. The molecular weight excluding hydrogens is 265 g/mol. The molecule has 0 bridgehead atoms. The fourth-order valence-electron chi connectivity index (χ4n) is 3.35. The molecular formula is C18H28FNO. The predicted molar refractivity (Wildman–Crippen MR) is 85.1 cm³/mol. The number of ether oxygens (including phenoxy) is 1. The second-order valence-corrected chi connectivity index (χ2v) is 6.64. The molecule has 0 amide bonds. The molecule has 0 saturated heterocycles. The van der Waals surface area contributed by atoms with Gasteiger partial charge in [0, 0.05) is 12.1 Å². The number of rotatable bonds is 5. The predicted octanol–water partition coefficient (Wildman–Crippen LogP) is 4.70. The third-order valence-corrected chi connectivity index (χ3v) is 4.88. The summed E-state index contributed by atoms with van der Waals surface area (Å²) in [6, 6.07) is 5.96. The van der Waals surface area contributed by atoms with Crippen LogP contribution < -0.4 is 10.1 Å². The Balaban J connectivity index is 1.90. The van der Waals surface area contributed by atoms with E-state index in [1.54, 1.807) is 12.1 Å². The minimum absolute atomic E-state index is 0.172. The molecule has 0 radical (unpaired) electrons. The monoisotopic (exact) mass is 293 g/mol. The molecule has 1 aromatic rings. The van der Waals surface area contributed by atoms with E-state index in [-0.39, 0.29) is 11.9 Å². The maximum atomic E-state index is 13.8. The van der Waals surface area contributed by atoms with Crippen LogP contribution in [-0.4, -0.2) is 13.2 Å². The molecule has 2 rings (SSSR count). The van der Waals surface area contributed by atoms with Gasteiger partial charge in [-0.2, -0.15) is 0 Å². The Kier molecular flexibility index (Phi) is 5.63. The first-order valence-electron chi connectivity index (χ1n) is 8.10. The highest BCUT2D eigenvalue weighted by Crippen LogP contribution is 2.31. The molecule has 3 heteroatoms. The van der Waals surface area contributed by atoms with E-state index in [1.165, 1.54) is 32.8 Å². The van der Waals surface area contributed by atoms with Gasteiger partial charge in [0.25, 0.3) is 0 Å². The lowest BCUT2D eigenvalue weighted by atomic mass is 9.79. The summed E-state index contributed by atoms with van der Waals surface area (Å²) in [6.45, 7) is 6.75. The van der Waals surface area contributed by atoms with Crippen LogP contribution in [0.25, 0.3) is 0 Å². The van der Waals surface area contributed by atoms with Gasteiger partial charge in [0.05, 0.1) is 7.11 Å². The Morgan fingerprint density at radius 1 is 1.14 bits per heavy atom. The van der Waals surface area contributed by atoms with E-state index in [4.69, 9.17) is 4.74 Å². The van der Waals surface area contributed by atoms with Gasteiger partial charge in [-0.15, -0.1) is 0 Å². The summed E-state index contributed by atoms with van der Waals surface area (Å²) in [6.07, 6.45) is 5.07. The number of benzene rings is 1. The topological polar surface area (TPSA) is 21.3 Å². The van der Waals surface area contributed by atoms with Crippen LogP contribution in [0, 0.1) is 17.7 Å².